The topological polar surface area (TPSA) is 65.7 Å². The van der Waals surface area contributed by atoms with Crippen LogP contribution in [-0.2, 0) is 0 Å². The van der Waals surface area contributed by atoms with E-state index in [9.17, 15) is 0 Å². The summed E-state index contributed by atoms with van der Waals surface area (Å²) < 4.78 is 6.87. The molecule has 0 radical (unpaired) electrons. The van der Waals surface area contributed by atoms with E-state index in [0.29, 0.717) is 16.7 Å². The molecule has 24 heavy (non-hydrogen) atoms. The minimum absolute atomic E-state index is 0.395. The van der Waals surface area contributed by atoms with Gasteiger partial charge in [-0.2, -0.15) is 0 Å². The predicted octanol–water partition coefficient (Wildman–Crippen LogP) is 3.54. The lowest BCUT2D eigenvalue weighted by Crippen LogP contribution is -1.95. The molecule has 0 unspecified atom stereocenters. The number of rotatable bonds is 3. The molecule has 4 aromatic rings. The minimum Gasteiger partial charge on any atom is -0.497 e. The largest absolute Gasteiger partial charge is 0.497 e. The number of hydrogen-bond donors (Lipinski definition) is 0. The average molecular weight is 338 g/mol. The van der Waals surface area contributed by atoms with Gasteiger partial charge in [-0.05, 0) is 24.3 Å². The van der Waals surface area contributed by atoms with Crippen LogP contribution in [0.15, 0.2) is 54.7 Å². The van der Waals surface area contributed by atoms with Crippen molar-refractivity contribution < 1.29 is 4.74 Å². The van der Waals surface area contributed by atoms with Crippen molar-refractivity contribution in [2.24, 2.45) is 0 Å². The van der Waals surface area contributed by atoms with Gasteiger partial charge in [0.05, 0.1) is 24.5 Å². The van der Waals surface area contributed by atoms with Crippen molar-refractivity contribution in [1.29, 1.82) is 0 Å². The van der Waals surface area contributed by atoms with Crippen LogP contribution < -0.4 is 4.74 Å². The van der Waals surface area contributed by atoms with Gasteiger partial charge < -0.3 is 4.74 Å². The third-order valence-electron chi connectivity index (χ3n) is 3.60. The molecule has 2 aromatic carbocycles. The van der Waals surface area contributed by atoms with Crippen molar-refractivity contribution in [3.63, 3.8) is 0 Å². The highest BCUT2D eigenvalue weighted by atomic mass is 35.5. The fourth-order valence-corrected chi connectivity index (χ4v) is 2.64. The highest BCUT2D eigenvalue weighted by Gasteiger charge is 2.12. The zero-order chi connectivity index (χ0) is 16.5. The van der Waals surface area contributed by atoms with E-state index in [-0.39, 0.29) is 0 Å². The lowest BCUT2D eigenvalue weighted by Gasteiger charge is -2.03. The van der Waals surface area contributed by atoms with E-state index in [2.05, 4.69) is 20.3 Å². The number of benzene rings is 2. The molecule has 0 bridgehead atoms. The number of fused-ring (bicyclic) bond motifs is 1. The standard InChI is InChI=1S/C17H12ClN5O/c1-24-12-6-4-5-11(9-12)23-10-15(21-22-23)17-19-14-8-3-2-7-13(14)16(18)20-17/h2-10H,1H3. The van der Waals surface area contributed by atoms with E-state index in [1.54, 1.807) is 18.0 Å². The van der Waals surface area contributed by atoms with Crippen molar-refractivity contribution in [2.75, 3.05) is 7.11 Å². The van der Waals surface area contributed by atoms with Gasteiger partial charge in [-0.1, -0.05) is 35.0 Å². The van der Waals surface area contributed by atoms with Gasteiger partial charge in [0.1, 0.15) is 10.9 Å². The fourth-order valence-electron chi connectivity index (χ4n) is 2.40. The summed E-state index contributed by atoms with van der Waals surface area (Å²) >= 11 is 6.25. The molecule has 0 aliphatic rings. The Morgan fingerprint density at radius 3 is 2.79 bits per heavy atom. The number of halogens is 1. The maximum absolute atomic E-state index is 6.25. The molecular formula is C17H12ClN5O. The Labute approximate surface area is 142 Å². The molecule has 7 heteroatoms. The van der Waals surface area contributed by atoms with E-state index in [1.165, 1.54) is 0 Å². The average Bonchev–Trinajstić information content (AvgIpc) is 3.12. The summed E-state index contributed by atoms with van der Waals surface area (Å²) in [5.41, 5.74) is 2.15. The van der Waals surface area contributed by atoms with Crippen LogP contribution >= 0.6 is 11.6 Å². The van der Waals surface area contributed by atoms with Crippen molar-refractivity contribution >= 4 is 22.5 Å². The normalized spacial score (nSPS) is 10.9. The highest BCUT2D eigenvalue weighted by Crippen LogP contribution is 2.24. The second kappa shape index (κ2) is 5.90. The first kappa shape index (κ1) is 14.6. The van der Waals surface area contributed by atoms with Crippen LogP contribution in [0, 0.1) is 0 Å². The molecule has 0 fully saturated rings. The molecule has 0 atom stereocenters. The summed E-state index contributed by atoms with van der Waals surface area (Å²) in [7, 11) is 1.62. The van der Waals surface area contributed by atoms with Crippen LogP contribution in [0.4, 0.5) is 0 Å². The lowest BCUT2D eigenvalue weighted by molar-refractivity contribution is 0.414. The molecule has 0 aliphatic heterocycles. The molecule has 0 amide bonds. The monoisotopic (exact) mass is 337 g/mol. The second-order valence-corrected chi connectivity index (χ2v) is 5.46. The lowest BCUT2D eigenvalue weighted by atomic mass is 10.2. The quantitative estimate of drug-likeness (QED) is 0.535. The van der Waals surface area contributed by atoms with Crippen molar-refractivity contribution in [2.45, 2.75) is 0 Å². The molecule has 4 rings (SSSR count). The summed E-state index contributed by atoms with van der Waals surface area (Å²) in [4.78, 5) is 8.84. The SMILES string of the molecule is COc1cccc(-n2cc(-c3nc(Cl)c4ccccc4n3)nn2)c1. The Hall–Kier alpha value is -2.99. The third-order valence-corrected chi connectivity index (χ3v) is 3.89. The molecule has 2 aromatic heterocycles. The molecule has 0 spiro atoms. The first-order valence-corrected chi connectivity index (χ1v) is 7.62. The van der Waals surface area contributed by atoms with E-state index in [4.69, 9.17) is 16.3 Å². The molecule has 118 valence electrons. The Kier molecular flexibility index (Phi) is 3.59. The number of para-hydroxylation sites is 1. The van der Waals surface area contributed by atoms with E-state index in [0.717, 1.165) is 22.3 Å². The number of nitrogens with zero attached hydrogens (tertiary/aromatic N) is 5. The van der Waals surface area contributed by atoms with Crippen LogP contribution in [0.5, 0.6) is 5.75 Å². The van der Waals surface area contributed by atoms with Crippen LogP contribution in [0.25, 0.3) is 28.1 Å². The highest BCUT2D eigenvalue weighted by molar-refractivity contribution is 6.34. The van der Waals surface area contributed by atoms with Gasteiger partial charge in [-0.25, -0.2) is 14.6 Å². The van der Waals surface area contributed by atoms with Crippen molar-refractivity contribution in [1.82, 2.24) is 25.0 Å². The summed E-state index contributed by atoms with van der Waals surface area (Å²) in [5.74, 6) is 1.18. The smallest absolute Gasteiger partial charge is 0.183 e. The van der Waals surface area contributed by atoms with Crippen LogP contribution in [0.1, 0.15) is 0 Å². The van der Waals surface area contributed by atoms with Crippen LogP contribution in [-0.4, -0.2) is 32.1 Å². The molecule has 0 saturated carbocycles. The number of ether oxygens (including phenoxy) is 1. The fraction of sp³-hybridized carbons (Fsp3) is 0.0588. The van der Waals surface area contributed by atoms with E-state index in [1.807, 2.05) is 48.5 Å². The first-order valence-electron chi connectivity index (χ1n) is 7.24. The number of hydrogen-bond acceptors (Lipinski definition) is 5. The molecule has 0 aliphatic carbocycles. The molecule has 6 nitrogen and oxygen atoms in total. The Morgan fingerprint density at radius 1 is 1.04 bits per heavy atom. The van der Waals surface area contributed by atoms with Crippen molar-refractivity contribution in [3.8, 4) is 23.0 Å². The Bertz CT molecular complexity index is 1030. The Morgan fingerprint density at radius 2 is 1.92 bits per heavy atom. The van der Waals surface area contributed by atoms with Gasteiger partial charge in [-0.3, -0.25) is 0 Å². The Balaban J connectivity index is 1.77. The van der Waals surface area contributed by atoms with Gasteiger partial charge in [-0.15, -0.1) is 5.10 Å². The zero-order valence-electron chi connectivity index (χ0n) is 12.7. The van der Waals surface area contributed by atoms with Gasteiger partial charge in [0, 0.05) is 11.5 Å². The maximum Gasteiger partial charge on any atom is 0.183 e. The summed E-state index contributed by atoms with van der Waals surface area (Å²) in [5, 5.41) is 9.49. The van der Waals surface area contributed by atoms with Gasteiger partial charge >= 0.3 is 0 Å². The molecular weight excluding hydrogens is 326 g/mol. The van der Waals surface area contributed by atoms with E-state index < -0.39 is 0 Å². The summed E-state index contributed by atoms with van der Waals surface area (Å²) in [6.07, 6.45) is 1.76. The molecule has 0 N–H and O–H groups in total. The summed E-state index contributed by atoms with van der Waals surface area (Å²) in [6.45, 7) is 0. The minimum atomic E-state index is 0.395. The molecule has 0 saturated heterocycles. The summed E-state index contributed by atoms with van der Waals surface area (Å²) in [6, 6.07) is 15.1. The third kappa shape index (κ3) is 2.57. The first-order chi connectivity index (χ1) is 11.7. The van der Waals surface area contributed by atoms with Crippen LogP contribution in [0.3, 0.4) is 0 Å². The zero-order valence-corrected chi connectivity index (χ0v) is 13.5. The van der Waals surface area contributed by atoms with Gasteiger partial charge in [0.25, 0.3) is 0 Å². The predicted molar refractivity (Wildman–Crippen MR) is 91.5 cm³/mol. The second-order valence-electron chi connectivity index (χ2n) is 5.11. The molecule has 2 heterocycles. The van der Waals surface area contributed by atoms with E-state index >= 15 is 0 Å². The number of aromatic nitrogens is 5. The maximum atomic E-state index is 6.25. The number of methoxy groups -OCH3 is 1. The van der Waals surface area contributed by atoms with Crippen molar-refractivity contribution in [3.05, 3.63) is 59.9 Å². The van der Waals surface area contributed by atoms with Gasteiger partial charge in [0.15, 0.2) is 11.5 Å². The van der Waals surface area contributed by atoms with Gasteiger partial charge in [0.2, 0.25) is 0 Å². The van der Waals surface area contributed by atoms with Crippen LogP contribution in [0.2, 0.25) is 5.15 Å².